The molecule has 0 bridgehead atoms. The minimum atomic E-state index is -0.152. The summed E-state index contributed by atoms with van der Waals surface area (Å²) in [5.74, 6) is 2.42. The normalized spacial score (nSPS) is 11.2. The average molecular weight is 351 g/mol. The molecule has 6 nitrogen and oxygen atoms in total. The molecule has 3 aromatic rings. The van der Waals surface area contributed by atoms with Crippen molar-refractivity contribution in [3.63, 3.8) is 0 Å². The van der Waals surface area contributed by atoms with E-state index >= 15 is 0 Å². The molecule has 2 aromatic heterocycles. The van der Waals surface area contributed by atoms with E-state index in [0.29, 0.717) is 17.3 Å². The summed E-state index contributed by atoms with van der Waals surface area (Å²) >= 11 is 0. The fourth-order valence-corrected chi connectivity index (χ4v) is 2.28. The highest BCUT2D eigenvalue weighted by molar-refractivity contribution is 5.91. The van der Waals surface area contributed by atoms with Crippen molar-refractivity contribution in [2.75, 3.05) is 5.32 Å². The number of aromatic nitrogens is 2. The van der Waals surface area contributed by atoms with Crippen molar-refractivity contribution in [2.45, 2.75) is 32.6 Å². The lowest BCUT2D eigenvalue weighted by molar-refractivity contribution is -0.115. The van der Waals surface area contributed by atoms with Crippen LogP contribution in [0.2, 0.25) is 0 Å². The summed E-state index contributed by atoms with van der Waals surface area (Å²) in [4.78, 5) is 16.1. The number of nitrogens with one attached hydrogen (secondary N) is 1. The first-order valence-electron chi connectivity index (χ1n) is 8.34. The first-order chi connectivity index (χ1) is 12.4. The van der Waals surface area contributed by atoms with Crippen LogP contribution in [0.4, 0.5) is 5.82 Å². The van der Waals surface area contributed by atoms with E-state index in [-0.39, 0.29) is 17.7 Å². The Morgan fingerprint density at radius 3 is 2.35 bits per heavy atom. The summed E-state index contributed by atoms with van der Waals surface area (Å²) in [5.41, 5.74) is 0.727. The van der Waals surface area contributed by atoms with Gasteiger partial charge in [-0.05, 0) is 29.8 Å². The maximum atomic E-state index is 12.2. The Morgan fingerprint density at radius 2 is 1.73 bits per heavy atom. The second-order valence-electron chi connectivity index (χ2n) is 6.98. The molecule has 2 heterocycles. The van der Waals surface area contributed by atoms with Crippen molar-refractivity contribution in [1.29, 1.82) is 0 Å². The number of carbonyl (C=O) groups excluding carboxylic acids is 1. The van der Waals surface area contributed by atoms with Crippen LogP contribution in [0.1, 0.15) is 32.1 Å². The van der Waals surface area contributed by atoms with Crippen LogP contribution >= 0.6 is 0 Å². The van der Waals surface area contributed by atoms with Crippen LogP contribution < -0.4 is 10.1 Å². The molecular weight excluding hydrogens is 330 g/mol. The minimum Gasteiger partial charge on any atom is -0.457 e. The summed E-state index contributed by atoms with van der Waals surface area (Å²) in [6, 6.07) is 12.7. The number of benzene rings is 1. The minimum absolute atomic E-state index is 0.151. The SMILES string of the molecule is CC(C)(C)c1cc(NC(=O)Cc2ccc(Oc3ccncc3)cc2)no1. The Kier molecular flexibility index (Phi) is 5.02. The zero-order valence-electron chi connectivity index (χ0n) is 15.0. The van der Waals surface area contributed by atoms with Crippen LogP contribution in [0.15, 0.2) is 59.4 Å². The molecule has 1 N–H and O–H groups in total. The fourth-order valence-electron chi connectivity index (χ4n) is 2.28. The van der Waals surface area contributed by atoms with Crippen LogP contribution in [-0.2, 0) is 16.6 Å². The van der Waals surface area contributed by atoms with Crippen LogP contribution in [-0.4, -0.2) is 16.0 Å². The lowest BCUT2D eigenvalue weighted by atomic mass is 9.93. The largest absolute Gasteiger partial charge is 0.457 e. The molecule has 0 radical (unpaired) electrons. The number of nitrogens with zero attached hydrogens (tertiary/aromatic N) is 2. The van der Waals surface area contributed by atoms with Crippen LogP contribution in [0, 0.1) is 0 Å². The molecule has 0 spiro atoms. The number of anilines is 1. The predicted molar refractivity (Wildman–Crippen MR) is 98.3 cm³/mol. The lowest BCUT2D eigenvalue weighted by Crippen LogP contribution is -2.14. The van der Waals surface area contributed by atoms with Gasteiger partial charge in [-0.1, -0.05) is 38.1 Å². The van der Waals surface area contributed by atoms with Crippen molar-refractivity contribution < 1.29 is 14.1 Å². The van der Waals surface area contributed by atoms with E-state index in [0.717, 1.165) is 11.3 Å². The first kappa shape index (κ1) is 17.7. The third-order valence-electron chi connectivity index (χ3n) is 3.69. The zero-order valence-corrected chi connectivity index (χ0v) is 15.0. The predicted octanol–water partition coefficient (Wildman–Crippen LogP) is 4.34. The number of amides is 1. The fraction of sp³-hybridized carbons (Fsp3) is 0.250. The van der Waals surface area contributed by atoms with E-state index in [9.17, 15) is 4.79 Å². The highest BCUT2D eigenvalue weighted by Crippen LogP contribution is 2.24. The van der Waals surface area contributed by atoms with E-state index in [1.165, 1.54) is 0 Å². The van der Waals surface area contributed by atoms with Crippen LogP contribution in [0.25, 0.3) is 0 Å². The van der Waals surface area contributed by atoms with Gasteiger partial charge in [0, 0.05) is 23.9 Å². The number of hydrogen-bond donors (Lipinski definition) is 1. The Balaban J connectivity index is 1.57. The molecule has 134 valence electrons. The highest BCUT2D eigenvalue weighted by Gasteiger charge is 2.20. The van der Waals surface area contributed by atoms with Crippen molar-refractivity contribution >= 4 is 11.7 Å². The molecule has 0 aliphatic rings. The molecule has 3 rings (SSSR count). The van der Waals surface area contributed by atoms with Gasteiger partial charge in [-0.15, -0.1) is 0 Å². The standard InChI is InChI=1S/C20H21N3O3/c1-20(2,3)17-13-18(23-26-17)22-19(24)12-14-4-6-15(7-5-14)25-16-8-10-21-11-9-16/h4-11,13H,12H2,1-3H3,(H,22,23,24). The van der Waals surface area contributed by atoms with Gasteiger partial charge in [0.25, 0.3) is 0 Å². The maximum Gasteiger partial charge on any atom is 0.230 e. The van der Waals surface area contributed by atoms with Gasteiger partial charge in [0.05, 0.1) is 6.42 Å². The quantitative estimate of drug-likeness (QED) is 0.740. The summed E-state index contributed by atoms with van der Waals surface area (Å²) in [5, 5.41) is 6.65. The number of pyridine rings is 1. The smallest absolute Gasteiger partial charge is 0.230 e. The van der Waals surface area contributed by atoms with Crippen molar-refractivity contribution in [1.82, 2.24) is 10.1 Å². The van der Waals surface area contributed by atoms with E-state index < -0.39 is 0 Å². The van der Waals surface area contributed by atoms with Crippen molar-refractivity contribution in [3.05, 3.63) is 66.2 Å². The molecule has 0 unspecified atom stereocenters. The van der Waals surface area contributed by atoms with E-state index in [1.54, 1.807) is 30.6 Å². The molecule has 0 aliphatic heterocycles. The Bertz CT molecular complexity index is 865. The third kappa shape index (κ3) is 4.69. The second-order valence-corrected chi connectivity index (χ2v) is 6.98. The van der Waals surface area contributed by atoms with Gasteiger partial charge in [0.15, 0.2) is 5.82 Å². The summed E-state index contributed by atoms with van der Waals surface area (Å²) in [6.45, 7) is 6.07. The van der Waals surface area contributed by atoms with Gasteiger partial charge in [-0.25, -0.2) is 0 Å². The lowest BCUT2D eigenvalue weighted by Gasteiger charge is -2.12. The first-order valence-corrected chi connectivity index (χ1v) is 8.34. The van der Waals surface area contributed by atoms with Crippen molar-refractivity contribution in [2.24, 2.45) is 0 Å². The molecule has 0 saturated heterocycles. The summed E-state index contributed by atoms with van der Waals surface area (Å²) in [7, 11) is 0. The van der Waals surface area contributed by atoms with Gasteiger partial charge in [-0.3, -0.25) is 9.78 Å². The van der Waals surface area contributed by atoms with Crippen molar-refractivity contribution in [3.8, 4) is 11.5 Å². The molecule has 1 aromatic carbocycles. The molecule has 26 heavy (non-hydrogen) atoms. The van der Waals surface area contributed by atoms with Gasteiger partial charge in [0.1, 0.15) is 17.3 Å². The van der Waals surface area contributed by atoms with Crippen LogP contribution in [0.3, 0.4) is 0 Å². The number of carbonyl (C=O) groups is 1. The number of ether oxygens (including phenoxy) is 1. The molecule has 0 aliphatic carbocycles. The highest BCUT2D eigenvalue weighted by atomic mass is 16.5. The molecule has 0 saturated carbocycles. The summed E-state index contributed by atoms with van der Waals surface area (Å²) < 4.78 is 11.0. The number of rotatable bonds is 5. The zero-order chi connectivity index (χ0) is 18.6. The molecule has 0 atom stereocenters. The Labute approximate surface area is 152 Å². The molecule has 1 amide bonds. The van der Waals surface area contributed by atoms with Crippen LogP contribution in [0.5, 0.6) is 11.5 Å². The maximum absolute atomic E-state index is 12.2. The van der Waals surface area contributed by atoms with Gasteiger partial charge in [-0.2, -0.15) is 0 Å². The topological polar surface area (TPSA) is 77.2 Å². The van der Waals surface area contributed by atoms with E-state index in [4.69, 9.17) is 9.26 Å². The third-order valence-corrected chi connectivity index (χ3v) is 3.69. The van der Waals surface area contributed by atoms with E-state index in [2.05, 4.69) is 15.5 Å². The number of hydrogen-bond acceptors (Lipinski definition) is 5. The molecule has 0 fully saturated rings. The summed E-state index contributed by atoms with van der Waals surface area (Å²) in [6.07, 6.45) is 3.58. The Hall–Kier alpha value is -3.15. The van der Waals surface area contributed by atoms with Gasteiger partial charge >= 0.3 is 0 Å². The second kappa shape index (κ2) is 7.39. The monoisotopic (exact) mass is 351 g/mol. The Morgan fingerprint density at radius 1 is 1.08 bits per heavy atom. The molecule has 6 heteroatoms. The van der Waals surface area contributed by atoms with Gasteiger partial charge in [0.2, 0.25) is 5.91 Å². The average Bonchev–Trinajstić information content (AvgIpc) is 3.06. The molecular formula is C20H21N3O3. The van der Waals surface area contributed by atoms with Gasteiger partial charge < -0.3 is 14.6 Å². The van der Waals surface area contributed by atoms with E-state index in [1.807, 2.05) is 45.0 Å².